The topological polar surface area (TPSA) is 44.7 Å². The fraction of sp³-hybridized carbons (Fsp3) is 0.467. The van der Waals surface area contributed by atoms with Crippen LogP contribution in [0, 0.1) is 17.6 Å². The van der Waals surface area contributed by atoms with Crippen molar-refractivity contribution in [2.24, 2.45) is 11.0 Å². The van der Waals surface area contributed by atoms with Crippen molar-refractivity contribution < 1.29 is 13.6 Å². The Kier molecular flexibility index (Phi) is 3.96. The number of halogens is 2. The number of hydrogen-bond acceptors (Lipinski definition) is 3. The third-order valence-corrected chi connectivity index (χ3v) is 4.06. The first-order chi connectivity index (χ1) is 10.2. The minimum atomic E-state index is -0.539. The quantitative estimate of drug-likeness (QED) is 0.908. The van der Waals surface area contributed by atoms with Crippen molar-refractivity contribution in [3.63, 3.8) is 0 Å². The molecule has 1 N–H and O–H groups in total. The third kappa shape index (κ3) is 2.81. The summed E-state index contributed by atoms with van der Waals surface area (Å²) in [5.41, 5.74) is 0.190. The molecule has 21 heavy (non-hydrogen) atoms. The van der Waals surface area contributed by atoms with E-state index in [0.29, 0.717) is 6.42 Å². The summed E-state index contributed by atoms with van der Waals surface area (Å²) in [7, 11) is 0. The fourth-order valence-corrected chi connectivity index (χ4v) is 2.91. The molecule has 0 spiro atoms. The minimum Gasteiger partial charge on any atom is -0.317 e. The SMILES string of the molecule is O=C(C1CCNCC1)N1N=CC[C@H]1c1cc(F)ccc1F. The van der Waals surface area contributed by atoms with Crippen molar-refractivity contribution in [3.8, 4) is 0 Å². The number of nitrogens with one attached hydrogen (secondary N) is 1. The Morgan fingerprint density at radius 3 is 2.81 bits per heavy atom. The maximum absolute atomic E-state index is 13.9. The highest BCUT2D eigenvalue weighted by Crippen LogP contribution is 2.32. The van der Waals surface area contributed by atoms with Gasteiger partial charge < -0.3 is 5.32 Å². The second kappa shape index (κ2) is 5.89. The van der Waals surface area contributed by atoms with Gasteiger partial charge in [-0.05, 0) is 44.1 Å². The van der Waals surface area contributed by atoms with Gasteiger partial charge in [-0.15, -0.1) is 0 Å². The van der Waals surface area contributed by atoms with Gasteiger partial charge in [-0.3, -0.25) is 4.79 Å². The monoisotopic (exact) mass is 293 g/mol. The van der Waals surface area contributed by atoms with E-state index in [4.69, 9.17) is 0 Å². The average Bonchev–Trinajstić information content (AvgIpc) is 2.99. The molecular formula is C15H17F2N3O. The molecule has 2 heterocycles. The van der Waals surface area contributed by atoms with Crippen LogP contribution >= 0.6 is 0 Å². The maximum atomic E-state index is 13.9. The summed E-state index contributed by atoms with van der Waals surface area (Å²) in [6, 6.07) is 2.78. The second-order valence-corrected chi connectivity index (χ2v) is 5.42. The van der Waals surface area contributed by atoms with Crippen molar-refractivity contribution in [1.82, 2.24) is 10.3 Å². The number of carbonyl (C=O) groups excluding carboxylic acids is 1. The number of piperidine rings is 1. The van der Waals surface area contributed by atoms with E-state index >= 15 is 0 Å². The molecule has 3 rings (SSSR count). The summed E-state index contributed by atoms with van der Waals surface area (Å²) in [5, 5.41) is 8.62. The second-order valence-electron chi connectivity index (χ2n) is 5.42. The Morgan fingerprint density at radius 1 is 1.29 bits per heavy atom. The molecule has 0 bridgehead atoms. The van der Waals surface area contributed by atoms with E-state index in [-0.39, 0.29) is 17.4 Å². The van der Waals surface area contributed by atoms with Crippen LogP contribution in [0.3, 0.4) is 0 Å². The van der Waals surface area contributed by atoms with Crippen LogP contribution in [0.2, 0.25) is 0 Å². The van der Waals surface area contributed by atoms with E-state index in [0.717, 1.165) is 44.1 Å². The molecule has 1 aromatic carbocycles. The van der Waals surface area contributed by atoms with Crippen LogP contribution in [0.1, 0.15) is 30.9 Å². The normalized spacial score (nSPS) is 22.8. The molecule has 0 aliphatic carbocycles. The smallest absolute Gasteiger partial charge is 0.246 e. The van der Waals surface area contributed by atoms with Gasteiger partial charge in [0.15, 0.2) is 0 Å². The number of benzene rings is 1. The fourth-order valence-electron chi connectivity index (χ4n) is 2.91. The van der Waals surface area contributed by atoms with E-state index in [1.165, 1.54) is 5.01 Å². The third-order valence-electron chi connectivity index (χ3n) is 4.06. The highest BCUT2D eigenvalue weighted by Gasteiger charge is 2.34. The molecular weight excluding hydrogens is 276 g/mol. The predicted molar refractivity (Wildman–Crippen MR) is 74.6 cm³/mol. The Morgan fingerprint density at radius 2 is 2.05 bits per heavy atom. The molecule has 1 aromatic rings. The number of hydrazone groups is 1. The van der Waals surface area contributed by atoms with Gasteiger partial charge in [0.2, 0.25) is 5.91 Å². The molecule has 0 radical (unpaired) electrons. The summed E-state index contributed by atoms with van der Waals surface area (Å²) >= 11 is 0. The summed E-state index contributed by atoms with van der Waals surface area (Å²) in [4.78, 5) is 12.5. The van der Waals surface area contributed by atoms with E-state index in [1.807, 2.05) is 0 Å². The molecule has 1 fully saturated rings. The van der Waals surface area contributed by atoms with E-state index in [9.17, 15) is 13.6 Å². The Labute approximate surface area is 121 Å². The lowest BCUT2D eigenvalue weighted by Gasteiger charge is -2.29. The van der Waals surface area contributed by atoms with Gasteiger partial charge in [0.1, 0.15) is 11.6 Å². The summed E-state index contributed by atoms with van der Waals surface area (Å²) < 4.78 is 27.3. The van der Waals surface area contributed by atoms with Crippen molar-refractivity contribution in [2.45, 2.75) is 25.3 Å². The van der Waals surface area contributed by atoms with Crippen LogP contribution in [-0.4, -0.2) is 30.2 Å². The first-order valence-corrected chi connectivity index (χ1v) is 7.18. The molecule has 2 aliphatic heterocycles. The molecule has 4 nitrogen and oxygen atoms in total. The van der Waals surface area contributed by atoms with Gasteiger partial charge in [0.05, 0.1) is 6.04 Å². The average molecular weight is 293 g/mol. The number of nitrogens with zero attached hydrogens (tertiary/aromatic N) is 2. The molecule has 1 amide bonds. The molecule has 1 saturated heterocycles. The zero-order chi connectivity index (χ0) is 14.8. The maximum Gasteiger partial charge on any atom is 0.246 e. The number of rotatable bonds is 2. The molecule has 1 atom stereocenters. The van der Waals surface area contributed by atoms with Crippen LogP contribution in [0.25, 0.3) is 0 Å². The molecule has 112 valence electrons. The first kappa shape index (κ1) is 14.1. The van der Waals surface area contributed by atoms with Crippen LogP contribution in [0.5, 0.6) is 0 Å². The zero-order valence-electron chi connectivity index (χ0n) is 11.6. The number of carbonyl (C=O) groups is 1. The Hall–Kier alpha value is -1.82. The van der Waals surface area contributed by atoms with Crippen molar-refractivity contribution in [3.05, 3.63) is 35.4 Å². The Bertz CT molecular complexity index is 570. The lowest BCUT2D eigenvalue weighted by molar-refractivity contribution is -0.138. The van der Waals surface area contributed by atoms with Gasteiger partial charge in [0, 0.05) is 24.1 Å². The van der Waals surface area contributed by atoms with E-state index in [1.54, 1.807) is 6.21 Å². The van der Waals surface area contributed by atoms with Gasteiger partial charge in [-0.2, -0.15) is 5.10 Å². The van der Waals surface area contributed by atoms with Gasteiger partial charge in [0.25, 0.3) is 0 Å². The van der Waals surface area contributed by atoms with E-state index in [2.05, 4.69) is 10.4 Å². The summed E-state index contributed by atoms with van der Waals surface area (Å²) in [6.45, 7) is 1.60. The van der Waals surface area contributed by atoms with E-state index < -0.39 is 17.7 Å². The van der Waals surface area contributed by atoms with Gasteiger partial charge in [-0.1, -0.05) is 0 Å². The first-order valence-electron chi connectivity index (χ1n) is 7.18. The highest BCUT2D eigenvalue weighted by atomic mass is 19.1. The minimum absolute atomic E-state index is 0.0966. The molecule has 0 unspecified atom stereocenters. The summed E-state index contributed by atoms with van der Waals surface area (Å²) in [5.74, 6) is -1.21. The summed E-state index contributed by atoms with van der Waals surface area (Å²) in [6.07, 6.45) is 3.51. The molecule has 6 heteroatoms. The van der Waals surface area contributed by atoms with Crippen molar-refractivity contribution >= 4 is 12.1 Å². The van der Waals surface area contributed by atoms with Crippen LogP contribution in [0.4, 0.5) is 8.78 Å². The molecule has 2 aliphatic rings. The highest BCUT2D eigenvalue weighted by molar-refractivity contribution is 5.82. The number of amides is 1. The largest absolute Gasteiger partial charge is 0.317 e. The molecule has 0 saturated carbocycles. The van der Waals surface area contributed by atoms with Crippen LogP contribution < -0.4 is 5.32 Å². The standard InChI is InChI=1S/C15H17F2N3O/c16-11-1-2-13(17)12(9-11)14-5-8-19-20(14)15(21)10-3-6-18-7-4-10/h1-2,8-10,14,18H,3-7H2/t14-/m0/s1. The van der Waals surface area contributed by atoms with Gasteiger partial charge >= 0.3 is 0 Å². The van der Waals surface area contributed by atoms with Gasteiger partial charge in [-0.25, -0.2) is 13.8 Å². The Balaban J connectivity index is 1.82. The lowest BCUT2D eigenvalue weighted by atomic mass is 9.95. The van der Waals surface area contributed by atoms with Crippen LogP contribution in [-0.2, 0) is 4.79 Å². The van der Waals surface area contributed by atoms with Crippen molar-refractivity contribution in [1.29, 1.82) is 0 Å². The van der Waals surface area contributed by atoms with Crippen LogP contribution in [0.15, 0.2) is 23.3 Å². The lowest BCUT2D eigenvalue weighted by Crippen LogP contribution is -2.39. The predicted octanol–water partition coefficient (Wildman–Crippen LogP) is 2.22. The molecule has 0 aromatic heterocycles. The van der Waals surface area contributed by atoms with Crippen molar-refractivity contribution in [2.75, 3.05) is 13.1 Å². The zero-order valence-corrected chi connectivity index (χ0v) is 11.6. The number of hydrogen-bond donors (Lipinski definition) is 1.